The van der Waals surface area contributed by atoms with Gasteiger partial charge in [-0.1, -0.05) is 48.5 Å². The topological polar surface area (TPSA) is 55.2 Å². The Morgan fingerprint density at radius 2 is 1.71 bits per heavy atom. The summed E-state index contributed by atoms with van der Waals surface area (Å²) < 4.78 is 1.83. The van der Waals surface area contributed by atoms with Crippen molar-refractivity contribution in [3.63, 3.8) is 0 Å². The zero-order chi connectivity index (χ0) is 18.8. The Morgan fingerprint density at radius 3 is 2.57 bits per heavy atom. The van der Waals surface area contributed by atoms with Gasteiger partial charge in [-0.2, -0.15) is 5.10 Å². The van der Waals surface area contributed by atoms with Gasteiger partial charge in [0.05, 0.1) is 17.4 Å². The zero-order valence-electron chi connectivity index (χ0n) is 15.1. The summed E-state index contributed by atoms with van der Waals surface area (Å²) in [5, 5.41) is 4.81. The maximum Gasteiger partial charge on any atom is 0.260 e. The average Bonchev–Trinajstić information content (AvgIpc) is 3.30. The lowest BCUT2D eigenvalue weighted by Gasteiger charge is -2.35. The van der Waals surface area contributed by atoms with Crippen LogP contribution in [0, 0.1) is 0 Å². The third-order valence-corrected chi connectivity index (χ3v) is 5.93. The number of nitrogens with zero attached hydrogens (tertiary/aromatic N) is 3. The molecule has 0 N–H and O–H groups in total. The first-order valence-electron chi connectivity index (χ1n) is 9.58. The molecule has 0 radical (unpaired) electrons. The highest BCUT2D eigenvalue weighted by Crippen LogP contribution is 2.50. The van der Waals surface area contributed by atoms with Crippen molar-refractivity contribution < 1.29 is 9.59 Å². The van der Waals surface area contributed by atoms with Gasteiger partial charge in [-0.15, -0.1) is 0 Å². The molecule has 136 valence electrons. The fourth-order valence-electron chi connectivity index (χ4n) is 4.71. The molecule has 3 aliphatic rings. The molecular weight excluding hydrogens is 350 g/mol. The molecule has 2 aliphatic heterocycles. The van der Waals surface area contributed by atoms with Crippen LogP contribution < -0.4 is 4.90 Å². The summed E-state index contributed by atoms with van der Waals surface area (Å²) in [6.07, 6.45) is 2.15. The van der Waals surface area contributed by atoms with E-state index in [0.29, 0.717) is 12.0 Å². The maximum atomic E-state index is 13.3. The average molecular weight is 367 g/mol. The molecule has 6 rings (SSSR count). The van der Waals surface area contributed by atoms with Crippen molar-refractivity contribution in [1.82, 2.24) is 9.78 Å². The van der Waals surface area contributed by atoms with E-state index in [1.165, 1.54) is 0 Å². The van der Waals surface area contributed by atoms with Gasteiger partial charge in [0, 0.05) is 29.2 Å². The Bertz CT molecular complexity index is 1190. The number of aromatic nitrogens is 2. The maximum absolute atomic E-state index is 13.3. The third kappa shape index (κ3) is 1.93. The van der Waals surface area contributed by atoms with Crippen LogP contribution in [0.3, 0.4) is 0 Å². The first kappa shape index (κ1) is 15.6. The minimum atomic E-state index is -0.334. The quantitative estimate of drug-likeness (QED) is 0.647. The molecule has 0 bridgehead atoms. The number of allylic oxidation sites excluding steroid dienone is 1. The molecule has 0 saturated carbocycles. The molecule has 3 heterocycles. The Labute approximate surface area is 161 Å². The molecule has 2 aromatic carbocycles. The number of ketones is 1. The van der Waals surface area contributed by atoms with E-state index in [-0.39, 0.29) is 17.7 Å². The Hall–Kier alpha value is -3.47. The molecule has 1 unspecified atom stereocenters. The van der Waals surface area contributed by atoms with Crippen LogP contribution in [-0.4, -0.2) is 21.5 Å². The number of rotatable bonds is 1. The molecule has 28 heavy (non-hydrogen) atoms. The molecule has 0 spiro atoms. The van der Waals surface area contributed by atoms with Gasteiger partial charge >= 0.3 is 0 Å². The first-order valence-corrected chi connectivity index (χ1v) is 9.58. The van der Waals surface area contributed by atoms with E-state index in [1.54, 1.807) is 4.90 Å². The largest absolute Gasteiger partial charge is 0.294 e. The van der Waals surface area contributed by atoms with Gasteiger partial charge in [-0.05, 0) is 24.5 Å². The van der Waals surface area contributed by atoms with Crippen LogP contribution in [0.2, 0.25) is 0 Å². The Balaban J connectivity index is 1.63. The van der Waals surface area contributed by atoms with Crippen molar-refractivity contribution in [1.29, 1.82) is 0 Å². The third-order valence-electron chi connectivity index (χ3n) is 5.93. The fourth-order valence-corrected chi connectivity index (χ4v) is 4.71. The molecule has 1 amide bonds. The first-order chi connectivity index (χ1) is 13.7. The number of carbonyl (C=O) groups is 2. The number of benzene rings is 2. The molecule has 5 nitrogen and oxygen atoms in total. The molecular formula is C23H17N3O2. The van der Waals surface area contributed by atoms with Gasteiger partial charge < -0.3 is 0 Å². The number of Topliss-reactive ketones (excluding diaryl/α,β-unsaturated/α-hetero) is 1. The summed E-state index contributed by atoms with van der Waals surface area (Å²) in [6, 6.07) is 19.2. The van der Waals surface area contributed by atoms with Crippen LogP contribution in [0.15, 0.2) is 66.2 Å². The summed E-state index contributed by atoms with van der Waals surface area (Å²) in [7, 11) is 0. The summed E-state index contributed by atoms with van der Waals surface area (Å²) in [5.74, 6) is 0.813. The Morgan fingerprint density at radius 1 is 0.929 bits per heavy atom. The van der Waals surface area contributed by atoms with E-state index in [4.69, 9.17) is 5.10 Å². The normalized spacial score (nSPS) is 20.0. The minimum Gasteiger partial charge on any atom is -0.294 e. The van der Waals surface area contributed by atoms with Crippen molar-refractivity contribution in [2.24, 2.45) is 0 Å². The lowest BCUT2D eigenvalue weighted by molar-refractivity contribution is -0.116. The van der Waals surface area contributed by atoms with Crippen LogP contribution in [0.25, 0.3) is 17.0 Å². The van der Waals surface area contributed by atoms with Crippen molar-refractivity contribution in [2.75, 3.05) is 4.90 Å². The smallest absolute Gasteiger partial charge is 0.260 e. The molecule has 5 heteroatoms. The predicted octanol–water partition coefficient (Wildman–Crippen LogP) is 4.23. The van der Waals surface area contributed by atoms with E-state index in [2.05, 4.69) is 0 Å². The van der Waals surface area contributed by atoms with Crippen molar-refractivity contribution in [3.05, 3.63) is 77.4 Å². The molecule has 0 saturated heterocycles. The molecule has 0 fully saturated rings. The van der Waals surface area contributed by atoms with Gasteiger partial charge in [0.25, 0.3) is 5.91 Å². The molecule has 1 aliphatic carbocycles. The van der Waals surface area contributed by atoms with Gasteiger partial charge in [-0.25, -0.2) is 4.68 Å². The van der Waals surface area contributed by atoms with Crippen molar-refractivity contribution in [2.45, 2.75) is 25.3 Å². The highest BCUT2D eigenvalue weighted by atomic mass is 16.2. The Kier molecular flexibility index (Phi) is 3.07. The van der Waals surface area contributed by atoms with Crippen LogP contribution in [0.4, 0.5) is 5.82 Å². The minimum absolute atomic E-state index is 0.0636. The van der Waals surface area contributed by atoms with Crippen LogP contribution in [0.1, 0.15) is 41.2 Å². The standard InChI is InChI=1S/C23H17N3O2/c27-19-12-6-11-18-21(19)22-15-9-4-5-10-16(15)23(28)25(22)20-13-17(24-26(18)20)14-7-2-1-3-8-14/h1-5,7-10,13,22H,6,11-12H2. The number of hydrogen-bond acceptors (Lipinski definition) is 3. The van der Waals surface area contributed by atoms with Gasteiger partial charge in [-0.3, -0.25) is 14.5 Å². The van der Waals surface area contributed by atoms with Gasteiger partial charge in [0.1, 0.15) is 5.82 Å². The number of hydrogen-bond donors (Lipinski definition) is 0. The number of carbonyl (C=O) groups excluding carboxylic acids is 2. The van der Waals surface area contributed by atoms with E-state index in [1.807, 2.05) is 65.3 Å². The van der Waals surface area contributed by atoms with E-state index in [9.17, 15) is 9.59 Å². The summed E-state index contributed by atoms with van der Waals surface area (Å²) in [4.78, 5) is 28.0. The second kappa shape index (κ2) is 5.52. The second-order valence-electron chi connectivity index (χ2n) is 7.47. The fraction of sp³-hybridized carbons (Fsp3) is 0.174. The van der Waals surface area contributed by atoms with E-state index < -0.39 is 0 Å². The monoisotopic (exact) mass is 367 g/mol. The molecule has 3 aromatic rings. The van der Waals surface area contributed by atoms with Crippen molar-refractivity contribution >= 4 is 23.2 Å². The SMILES string of the molecule is O=C1CCCC2=C1C1c3ccccc3C(=O)N1c1cc(-c3ccccc3)nn12. The lowest BCUT2D eigenvalue weighted by Crippen LogP contribution is -2.38. The summed E-state index contributed by atoms with van der Waals surface area (Å²) in [5.41, 5.74) is 5.08. The molecule has 1 aromatic heterocycles. The summed E-state index contributed by atoms with van der Waals surface area (Å²) in [6.45, 7) is 0. The zero-order valence-corrected chi connectivity index (χ0v) is 15.1. The van der Waals surface area contributed by atoms with Crippen molar-refractivity contribution in [3.8, 4) is 11.3 Å². The predicted molar refractivity (Wildman–Crippen MR) is 106 cm³/mol. The van der Waals surface area contributed by atoms with Crippen LogP contribution >= 0.6 is 0 Å². The van der Waals surface area contributed by atoms with Crippen LogP contribution in [0.5, 0.6) is 0 Å². The lowest BCUT2D eigenvalue weighted by atomic mass is 9.85. The number of amides is 1. The van der Waals surface area contributed by atoms with Crippen LogP contribution in [-0.2, 0) is 4.79 Å². The molecule has 1 atom stereocenters. The highest BCUT2D eigenvalue weighted by Gasteiger charge is 2.48. The summed E-state index contributed by atoms with van der Waals surface area (Å²) >= 11 is 0. The highest BCUT2D eigenvalue weighted by molar-refractivity contribution is 6.16. The van der Waals surface area contributed by atoms with E-state index >= 15 is 0 Å². The van der Waals surface area contributed by atoms with Gasteiger partial charge in [0.15, 0.2) is 5.78 Å². The number of anilines is 1. The number of fused-ring (bicyclic) bond motifs is 7. The van der Waals surface area contributed by atoms with Gasteiger partial charge in [0.2, 0.25) is 0 Å². The second-order valence-corrected chi connectivity index (χ2v) is 7.47. The van der Waals surface area contributed by atoms with E-state index in [0.717, 1.165) is 46.8 Å².